The van der Waals surface area contributed by atoms with Crippen LogP contribution < -0.4 is 5.32 Å². The van der Waals surface area contributed by atoms with Crippen molar-refractivity contribution in [3.05, 3.63) is 95.4 Å². The Balaban J connectivity index is 1.91. The maximum absolute atomic E-state index is 13.8. The molecule has 0 radical (unpaired) electrons. The molecule has 1 atom stereocenters. The number of benzene rings is 2. The number of carbonyl (C=O) groups excluding carboxylic acids is 1. The molecule has 0 spiro atoms. The summed E-state index contributed by atoms with van der Waals surface area (Å²) in [4.78, 5) is 15.0. The smallest absolute Gasteiger partial charge is 0.153 e. The molecule has 2 aromatic rings. The quantitative estimate of drug-likeness (QED) is 0.745. The van der Waals surface area contributed by atoms with Crippen LogP contribution in [0, 0.1) is 0 Å². The minimum absolute atomic E-state index is 0.151. The van der Waals surface area contributed by atoms with Crippen molar-refractivity contribution in [2.75, 3.05) is 5.75 Å². The van der Waals surface area contributed by atoms with Gasteiger partial charge in [-0.2, -0.15) is 0 Å². The average Bonchev–Trinajstić information content (AvgIpc) is 2.89. The fourth-order valence-corrected chi connectivity index (χ4v) is 5.84. The molecule has 3 nitrogen and oxygen atoms in total. The third-order valence-corrected chi connectivity index (χ3v) is 7.00. The number of Topliss-reactive ketones (excluding diaryl/α,β-unsaturated/α-hetero) is 1. The number of rotatable bonds is 3. The normalized spacial score (nSPS) is 21.6. The Morgan fingerprint density at radius 2 is 2.00 bits per heavy atom. The van der Waals surface area contributed by atoms with Gasteiger partial charge in [0.25, 0.3) is 0 Å². The molecule has 0 fully saturated rings. The molecule has 4 heteroatoms. The van der Waals surface area contributed by atoms with Crippen LogP contribution in [0.5, 0.6) is 5.75 Å². The topological polar surface area (TPSA) is 49.3 Å². The third-order valence-electron chi connectivity index (χ3n) is 5.90. The van der Waals surface area contributed by atoms with Crippen LogP contribution in [0.1, 0.15) is 30.0 Å². The van der Waals surface area contributed by atoms with Crippen LogP contribution in [0.25, 0.3) is 11.1 Å². The Morgan fingerprint density at radius 1 is 1.14 bits per heavy atom. The maximum Gasteiger partial charge on any atom is 0.153 e. The summed E-state index contributed by atoms with van der Waals surface area (Å²) >= 11 is 1.79. The number of thioether (sulfide) groups is 1. The summed E-state index contributed by atoms with van der Waals surface area (Å²) in [6.07, 6.45) is 10.2. The van der Waals surface area contributed by atoms with E-state index in [-0.39, 0.29) is 11.5 Å². The van der Waals surface area contributed by atoms with Gasteiger partial charge in [0.1, 0.15) is 11.2 Å². The molecule has 2 heterocycles. The van der Waals surface area contributed by atoms with E-state index in [0.29, 0.717) is 6.42 Å². The monoisotopic (exact) mass is 399 g/mol. The molecule has 0 amide bonds. The van der Waals surface area contributed by atoms with Crippen LogP contribution in [0.4, 0.5) is 0 Å². The van der Waals surface area contributed by atoms with Gasteiger partial charge < -0.3 is 10.4 Å². The molecule has 2 aliphatic heterocycles. The first kappa shape index (κ1) is 18.1. The van der Waals surface area contributed by atoms with Gasteiger partial charge in [-0.15, -0.1) is 11.8 Å². The number of hydrogen-bond donors (Lipinski definition) is 2. The largest absolute Gasteiger partial charge is 0.508 e. The van der Waals surface area contributed by atoms with Gasteiger partial charge in [0, 0.05) is 29.0 Å². The van der Waals surface area contributed by atoms with Crippen LogP contribution in [0.2, 0.25) is 0 Å². The molecule has 29 heavy (non-hydrogen) atoms. The van der Waals surface area contributed by atoms with Crippen LogP contribution >= 0.6 is 11.8 Å². The predicted octanol–water partition coefficient (Wildman–Crippen LogP) is 5.20. The maximum atomic E-state index is 13.8. The molecule has 0 bridgehead atoms. The van der Waals surface area contributed by atoms with E-state index in [1.807, 2.05) is 61.7 Å². The lowest BCUT2D eigenvalue weighted by Gasteiger charge is -2.36. The van der Waals surface area contributed by atoms with E-state index < -0.39 is 5.41 Å². The minimum atomic E-state index is -0.913. The van der Waals surface area contributed by atoms with Crippen LogP contribution in [0.15, 0.2) is 83.6 Å². The fourth-order valence-electron chi connectivity index (χ4n) is 4.74. The first-order valence-electron chi connectivity index (χ1n) is 9.81. The lowest BCUT2D eigenvalue weighted by atomic mass is 9.68. The first-order valence-corrected chi connectivity index (χ1v) is 10.8. The highest BCUT2D eigenvalue weighted by Gasteiger charge is 2.54. The second kappa shape index (κ2) is 6.82. The Morgan fingerprint density at radius 3 is 2.86 bits per heavy atom. The second-order valence-electron chi connectivity index (χ2n) is 7.36. The van der Waals surface area contributed by atoms with E-state index in [9.17, 15) is 9.90 Å². The van der Waals surface area contributed by atoms with E-state index >= 15 is 0 Å². The molecule has 0 saturated carbocycles. The van der Waals surface area contributed by atoms with Crippen molar-refractivity contribution in [3.8, 4) is 5.75 Å². The van der Waals surface area contributed by atoms with Gasteiger partial charge in [-0.3, -0.25) is 4.79 Å². The summed E-state index contributed by atoms with van der Waals surface area (Å²) in [6, 6.07) is 13.7. The van der Waals surface area contributed by atoms with Crippen molar-refractivity contribution in [3.63, 3.8) is 0 Å². The highest BCUT2D eigenvalue weighted by molar-refractivity contribution is 7.99. The standard InChI is InChI=1S/C25H21NO2S/c1-2-23(28)25(22-10-4-3-7-13-26-22)20-12-11-16(27)14-18(20)19-15-29-21-9-6-5-8-17(21)24(19)25/h3-14,26-27H,2,15H2,1H3. The van der Waals surface area contributed by atoms with E-state index in [4.69, 9.17) is 0 Å². The number of ketones is 1. The molecule has 0 saturated heterocycles. The van der Waals surface area contributed by atoms with Crippen molar-refractivity contribution in [1.82, 2.24) is 5.32 Å². The molecule has 0 aromatic heterocycles. The summed E-state index contributed by atoms with van der Waals surface area (Å²) in [5.41, 5.74) is 5.17. The predicted molar refractivity (Wildman–Crippen MR) is 119 cm³/mol. The van der Waals surface area contributed by atoms with Crippen molar-refractivity contribution in [2.45, 2.75) is 23.7 Å². The summed E-state index contributed by atoms with van der Waals surface area (Å²) in [5.74, 6) is 1.15. The Bertz CT molecular complexity index is 1160. The highest BCUT2D eigenvalue weighted by Crippen LogP contribution is 2.60. The van der Waals surface area contributed by atoms with E-state index in [1.54, 1.807) is 17.8 Å². The molecule has 2 aromatic carbocycles. The van der Waals surface area contributed by atoms with Crippen molar-refractivity contribution >= 4 is 28.7 Å². The molecular formula is C25H21NO2S. The molecule has 5 rings (SSSR count). The van der Waals surface area contributed by atoms with E-state index in [2.05, 4.69) is 17.4 Å². The number of allylic oxidation sites excluding steroid dienone is 5. The van der Waals surface area contributed by atoms with Gasteiger partial charge >= 0.3 is 0 Å². The number of phenols is 1. The molecule has 144 valence electrons. The molecule has 1 unspecified atom stereocenters. The molecule has 2 N–H and O–H groups in total. The number of aromatic hydroxyl groups is 1. The number of carbonyl (C=O) groups is 1. The van der Waals surface area contributed by atoms with Crippen LogP contribution in [-0.4, -0.2) is 16.6 Å². The summed E-state index contributed by atoms with van der Waals surface area (Å²) in [6.45, 7) is 1.93. The van der Waals surface area contributed by atoms with Gasteiger partial charge in [0.15, 0.2) is 5.78 Å². The molecular weight excluding hydrogens is 378 g/mol. The van der Waals surface area contributed by atoms with Crippen molar-refractivity contribution in [1.29, 1.82) is 0 Å². The second-order valence-corrected chi connectivity index (χ2v) is 8.38. The summed E-state index contributed by atoms with van der Waals surface area (Å²) < 4.78 is 0. The Labute approximate surface area is 174 Å². The first-order chi connectivity index (χ1) is 14.2. The van der Waals surface area contributed by atoms with Crippen LogP contribution in [0.3, 0.4) is 0 Å². The van der Waals surface area contributed by atoms with E-state index in [0.717, 1.165) is 39.3 Å². The average molecular weight is 400 g/mol. The SMILES string of the molecule is CCC(=O)C1(C2=CC=CC=CN2)C2=C(CSc3ccccc32)c2cc(O)ccc21. The number of nitrogens with one attached hydrogen (secondary N) is 1. The minimum Gasteiger partial charge on any atom is -0.508 e. The summed E-state index contributed by atoms with van der Waals surface area (Å²) in [7, 11) is 0. The molecule has 1 aliphatic carbocycles. The van der Waals surface area contributed by atoms with Gasteiger partial charge in [-0.25, -0.2) is 0 Å². The van der Waals surface area contributed by atoms with Crippen molar-refractivity contribution in [2.24, 2.45) is 0 Å². The molecule has 3 aliphatic rings. The van der Waals surface area contributed by atoms with Gasteiger partial charge in [0.05, 0.1) is 0 Å². The lowest BCUT2D eigenvalue weighted by molar-refractivity contribution is -0.121. The number of fused-ring (bicyclic) bond motifs is 4. The fraction of sp³-hybridized carbons (Fsp3) is 0.160. The van der Waals surface area contributed by atoms with Gasteiger partial charge in [-0.1, -0.05) is 43.3 Å². The van der Waals surface area contributed by atoms with Crippen LogP contribution in [-0.2, 0) is 10.2 Å². The zero-order chi connectivity index (χ0) is 20.0. The third kappa shape index (κ3) is 2.49. The Kier molecular flexibility index (Phi) is 4.25. The number of hydrogen-bond acceptors (Lipinski definition) is 4. The highest BCUT2D eigenvalue weighted by atomic mass is 32.2. The Hall–Kier alpha value is -2.98. The van der Waals surface area contributed by atoms with Crippen molar-refractivity contribution < 1.29 is 9.90 Å². The van der Waals surface area contributed by atoms with Gasteiger partial charge in [0.2, 0.25) is 0 Å². The van der Waals surface area contributed by atoms with Gasteiger partial charge in [-0.05, 0) is 58.2 Å². The van der Waals surface area contributed by atoms with E-state index in [1.165, 1.54) is 4.90 Å². The zero-order valence-corrected chi connectivity index (χ0v) is 16.9. The summed E-state index contributed by atoms with van der Waals surface area (Å²) in [5, 5.41) is 13.6. The zero-order valence-electron chi connectivity index (χ0n) is 16.1. The lowest BCUT2D eigenvalue weighted by Crippen LogP contribution is -2.41. The number of phenolic OH excluding ortho intramolecular Hbond substituents is 1.